The summed E-state index contributed by atoms with van der Waals surface area (Å²) < 4.78 is 45.6. The summed E-state index contributed by atoms with van der Waals surface area (Å²) in [6, 6.07) is 17.5. The molecule has 1 aliphatic heterocycles. The van der Waals surface area contributed by atoms with Gasteiger partial charge in [-0.25, -0.2) is 0 Å². The third-order valence-corrected chi connectivity index (χ3v) is 7.53. The molecule has 1 aromatic heterocycles. The van der Waals surface area contributed by atoms with Crippen molar-refractivity contribution in [2.24, 2.45) is 0 Å². The maximum atomic E-state index is 12.3. The van der Waals surface area contributed by atoms with Crippen LogP contribution in [0.3, 0.4) is 0 Å². The van der Waals surface area contributed by atoms with E-state index in [0.717, 1.165) is 37.6 Å². The molecule has 0 unspecified atom stereocenters. The van der Waals surface area contributed by atoms with Gasteiger partial charge in [0.25, 0.3) is 0 Å². The van der Waals surface area contributed by atoms with Crippen molar-refractivity contribution in [1.82, 2.24) is 10.2 Å². The molecule has 0 radical (unpaired) electrons. The molecule has 2 aromatic carbocycles. The number of esters is 4. The van der Waals surface area contributed by atoms with Gasteiger partial charge in [0, 0.05) is 45.4 Å². The van der Waals surface area contributed by atoms with Crippen LogP contribution in [-0.4, -0.2) is 84.6 Å². The topological polar surface area (TPSA) is 171 Å². The zero-order valence-electron chi connectivity index (χ0n) is 29.0. The van der Waals surface area contributed by atoms with Gasteiger partial charge < -0.3 is 37.9 Å². The number of carbonyl (C=O) groups is 4. The summed E-state index contributed by atoms with van der Waals surface area (Å²) >= 11 is 0. The Bertz CT molecular complexity index is 1570. The lowest BCUT2D eigenvalue weighted by atomic mass is 9.97. The number of nitrogens with one attached hydrogen (secondary N) is 1. The average Bonchev–Trinajstić information content (AvgIpc) is 3.45. The number of aromatic nitrogens is 2. The van der Waals surface area contributed by atoms with Gasteiger partial charge in [-0.1, -0.05) is 56.3 Å². The molecule has 1 saturated heterocycles. The summed E-state index contributed by atoms with van der Waals surface area (Å²) in [5.41, 5.74) is 3.51. The zero-order valence-corrected chi connectivity index (χ0v) is 29.0. The first-order valence-electron chi connectivity index (χ1n) is 16.3. The Labute approximate surface area is 290 Å². The zero-order chi connectivity index (χ0) is 36.2. The van der Waals surface area contributed by atoms with Crippen molar-refractivity contribution in [1.29, 1.82) is 0 Å². The van der Waals surface area contributed by atoms with Gasteiger partial charge in [-0.3, -0.25) is 24.3 Å². The van der Waals surface area contributed by atoms with Gasteiger partial charge in [0.2, 0.25) is 18.3 Å². The summed E-state index contributed by atoms with van der Waals surface area (Å²) in [5.74, 6) is -1.99. The van der Waals surface area contributed by atoms with Crippen molar-refractivity contribution in [2.75, 3.05) is 19.8 Å². The van der Waals surface area contributed by atoms with Gasteiger partial charge >= 0.3 is 23.9 Å². The van der Waals surface area contributed by atoms with E-state index in [1.807, 2.05) is 68.4 Å². The standard InChI is InChI=1S/C36H44N2O12/c1-21(2)31-29(18-26-12-14-28(15-13-26)44-17-16-43-19-27-10-8-7-9-11-27)35(38-37-31)50-36-34(48-25(6)42)33(47-24(5)41)32(46-23(4)40)30(49-36)20-45-22(3)39/h7-15,21,30,32-34,36H,16-20H2,1-6H3,(H,37,38)/t30-,32-,33+,34-,36+/m1/s1. The fraction of sp³-hybridized carbons (Fsp3) is 0.472. The normalized spacial score (nSPS) is 20.1. The summed E-state index contributed by atoms with van der Waals surface area (Å²) in [4.78, 5) is 48.2. The minimum atomic E-state index is -1.42. The maximum Gasteiger partial charge on any atom is 0.303 e. The molecule has 14 nitrogen and oxygen atoms in total. The van der Waals surface area contributed by atoms with E-state index in [4.69, 9.17) is 37.9 Å². The highest BCUT2D eigenvalue weighted by atomic mass is 16.7. The van der Waals surface area contributed by atoms with Gasteiger partial charge in [0.1, 0.15) is 25.1 Å². The van der Waals surface area contributed by atoms with Gasteiger partial charge in [-0.2, -0.15) is 0 Å². The molecule has 0 saturated carbocycles. The van der Waals surface area contributed by atoms with E-state index in [2.05, 4.69) is 10.2 Å². The number of carbonyl (C=O) groups excluding carboxylic acids is 4. The van der Waals surface area contributed by atoms with Crippen LogP contribution in [0.15, 0.2) is 54.6 Å². The minimum Gasteiger partial charge on any atom is -0.491 e. The van der Waals surface area contributed by atoms with Crippen LogP contribution in [0.5, 0.6) is 11.6 Å². The van der Waals surface area contributed by atoms with Gasteiger partial charge in [-0.05, 0) is 29.2 Å². The largest absolute Gasteiger partial charge is 0.491 e. The van der Waals surface area contributed by atoms with Crippen LogP contribution in [0.25, 0.3) is 0 Å². The number of aromatic amines is 1. The predicted molar refractivity (Wildman–Crippen MR) is 176 cm³/mol. The molecule has 0 spiro atoms. The third kappa shape index (κ3) is 11.0. The smallest absolute Gasteiger partial charge is 0.303 e. The van der Waals surface area contributed by atoms with Crippen molar-refractivity contribution >= 4 is 23.9 Å². The highest BCUT2D eigenvalue weighted by Gasteiger charge is 2.53. The van der Waals surface area contributed by atoms with E-state index in [-0.39, 0.29) is 18.4 Å². The molecule has 2 heterocycles. The van der Waals surface area contributed by atoms with Crippen molar-refractivity contribution in [3.05, 3.63) is 77.0 Å². The second-order valence-electron chi connectivity index (χ2n) is 12.0. The lowest BCUT2D eigenvalue weighted by Crippen LogP contribution is -2.63. The van der Waals surface area contributed by atoms with Crippen molar-refractivity contribution in [3.63, 3.8) is 0 Å². The van der Waals surface area contributed by atoms with E-state index in [1.165, 1.54) is 6.92 Å². The summed E-state index contributed by atoms with van der Waals surface area (Å²) in [6.07, 6.45) is -6.26. The van der Waals surface area contributed by atoms with Crippen LogP contribution in [0.2, 0.25) is 0 Å². The van der Waals surface area contributed by atoms with Crippen molar-refractivity contribution in [2.45, 2.75) is 91.2 Å². The molecule has 1 aliphatic rings. The third-order valence-electron chi connectivity index (χ3n) is 7.53. The number of rotatable bonds is 16. The Morgan fingerprint density at radius 3 is 2.04 bits per heavy atom. The molecular weight excluding hydrogens is 652 g/mol. The van der Waals surface area contributed by atoms with Crippen molar-refractivity contribution < 1.29 is 57.1 Å². The Kier molecular flexibility index (Phi) is 13.8. The number of benzene rings is 2. The molecule has 0 amide bonds. The number of hydrogen-bond acceptors (Lipinski definition) is 13. The minimum absolute atomic E-state index is 0.0174. The Balaban J connectivity index is 1.53. The lowest BCUT2D eigenvalue weighted by molar-refractivity contribution is -0.289. The van der Waals surface area contributed by atoms with E-state index >= 15 is 0 Å². The molecule has 0 aliphatic carbocycles. The SMILES string of the molecule is CC(=O)OC[C@H]1O[C@@H](Oc2n[nH]c(C(C)C)c2Cc2ccc(OCCOCc3ccccc3)cc2)[C@H](OC(C)=O)[C@@H](OC(C)=O)[C@@H]1OC(C)=O. The summed E-state index contributed by atoms with van der Waals surface area (Å²) in [6.45, 7) is 9.60. The predicted octanol–water partition coefficient (Wildman–Crippen LogP) is 4.18. The van der Waals surface area contributed by atoms with E-state index in [9.17, 15) is 19.2 Å². The molecule has 0 bridgehead atoms. The summed E-state index contributed by atoms with van der Waals surface area (Å²) in [5, 5.41) is 7.44. The fourth-order valence-electron chi connectivity index (χ4n) is 5.39. The Morgan fingerprint density at radius 1 is 0.780 bits per heavy atom. The quantitative estimate of drug-likeness (QED) is 0.129. The first-order chi connectivity index (χ1) is 23.9. The first-order valence-corrected chi connectivity index (χ1v) is 16.3. The van der Waals surface area contributed by atoms with Crippen molar-refractivity contribution in [3.8, 4) is 11.6 Å². The van der Waals surface area contributed by atoms with Gasteiger partial charge in [0.05, 0.1) is 13.2 Å². The average molecular weight is 697 g/mol. The van der Waals surface area contributed by atoms with Crippen LogP contribution in [-0.2, 0) is 60.6 Å². The molecule has 1 N–H and O–H groups in total. The number of nitrogens with zero attached hydrogens (tertiary/aromatic N) is 1. The van der Waals surface area contributed by atoms with E-state index < -0.39 is 54.6 Å². The Hall–Kier alpha value is -4.95. The molecule has 1 fully saturated rings. The van der Waals surface area contributed by atoms with Crippen LogP contribution >= 0.6 is 0 Å². The number of hydrogen-bond donors (Lipinski definition) is 1. The van der Waals surface area contributed by atoms with Crippen LogP contribution in [0.1, 0.15) is 69.8 Å². The number of H-pyrrole nitrogens is 1. The Morgan fingerprint density at radius 2 is 1.42 bits per heavy atom. The highest BCUT2D eigenvalue weighted by molar-refractivity contribution is 5.68. The summed E-state index contributed by atoms with van der Waals surface area (Å²) in [7, 11) is 0. The highest BCUT2D eigenvalue weighted by Crippen LogP contribution is 2.34. The number of ether oxygens (including phenoxy) is 8. The molecule has 50 heavy (non-hydrogen) atoms. The van der Waals surface area contributed by atoms with Gasteiger partial charge in [0.15, 0.2) is 12.2 Å². The van der Waals surface area contributed by atoms with E-state index in [0.29, 0.717) is 37.6 Å². The monoisotopic (exact) mass is 696 g/mol. The van der Waals surface area contributed by atoms with E-state index in [1.54, 1.807) is 0 Å². The lowest BCUT2D eigenvalue weighted by Gasteiger charge is -2.43. The first kappa shape index (κ1) is 37.9. The maximum absolute atomic E-state index is 12.3. The second kappa shape index (κ2) is 18.2. The van der Waals surface area contributed by atoms with Gasteiger partial charge in [-0.15, -0.1) is 5.10 Å². The second-order valence-corrected chi connectivity index (χ2v) is 12.0. The molecule has 14 heteroatoms. The fourth-order valence-corrected chi connectivity index (χ4v) is 5.39. The molecule has 270 valence electrons. The van der Waals surface area contributed by atoms with Crippen LogP contribution in [0, 0.1) is 0 Å². The molecular formula is C36H44N2O12. The molecule has 3 aromatic rings. The van der Waals surface area contributed by atoms with Crippen LogP contribution < -0.4 is 9.47 Å². The van der Waals surface area contributed by atoms with Crippen LogP contribution in [0.4, 0.5) is 0 Å². The molecule has 5 atom stereocenters. The molecule has 4 rings (SSSR count).